The van der Waals surface area contributed by atoms with Gasteiger partial charge in [0.2, 0.25) is 0 Å². The van der Waals surface area contributed by atoms with Gasteiger partial charge < -0.3 is 5.32 Å². The molecule has 3 aliphatic rings. The molecule has 1 heteroatoms. The molecule has 7 atom stereocenters. The molecule has 3 saturated carbocycles. The van der Waals surface area contributed by atoms with Gasteiger partial charge >= 0.3 is 0 Å². The lowest BCUT2D eigenvalue weighted by atomic mass is 9.45. The van der Waals surface area contributed by atoms with Crippen molar-refractivity contribution >= 4 is 0 Å². The topological polar surface area (TPSA) is 14.1 Å². The van der Waals surface area contributed by atoms with Gasteiger partial charge in [-0.25, -0.2) is 0 Å². The maximum Gasteiger partial charge on any atom is -0.0155 e. The Morgan fingerprint density at radius 1 is 1.32 bits per heavy atom. The standard InChI is InChI=1S/C21H34N/c1-13(2)11-17-12-15(4)18-8-7-16(5)21(22-6)10-9-14(3)19(17)20(18)21/h15-20H,1,3,7-12H2,2,4-6H3/q-1/t15-,16-,17+,18+,19-,20-,21-/m0/s1. The highest BCUT2D eigenvalue weighted by Gasteiger charge is 2.54. The van der Waals surface area contributed by atoms with Crippen molar-refractivity contribution in [3.05, 3.63) is 29.6 Å². The molecule has 22 heavy (non-hydrogen) atoms. The summed E-state index contributed by atoms with van der Waals surface area (Å²) in [6.45, 7) is 15.9. The number of rotatable bonds is 3. The van der Waals surface area contributed by atoms with E-state index < -0.39 is 0 Å². The molecule has 0 amide bonds. The molecule has 0 aromatic rings. The zero-order chi connectivity index (χ0) is 16.1. The fourth-order valence-electron chi connectivity index (χ4n) is 6.55. The quantitative estimate of drug-likeness (QED) is 0.569. The molecule has 0 radical (unpaired) electrons. The average Bonchev–Trinajstić information content (AvgIpc) is 2.46. The lowest BCUT2D eigenvalue weighted by molar-refractivity contribution is -0.0524. The fourth-order valence-corrected chi connectivity index (χ4v) is 6.55. The van der Waals surface area contributed by atoms with Gasteiger partial charge in [-0.1, -0.05) is 50.3 Å². The molecule has 0 spiro atoms. The molecule has 124 valence electrons. The van der Waals surface area contributed by atoms with E-state index in [0.29, 0.717) is 5.92 Å². The van der Waals surface area contributed by atoms with Crippen LogP contribution in [0, 0.1) is 35.5 Å². The van der Waals surface area contributed by atoms with Gasteiger partial charge in [0.25, 0.3) is 0 Å². The van der Waals surface area contributed by atoms with Gasteiger partial charge in [-0.15, -0.1) is 12.1 Å². The van der Waals surface area contributed by atoms with E-state index in [4.69, 9.17) is 5.32 Å². The second kappa shape index (κ2) is 5.82. The van der Waals surface area contributed by atoms with E-state index in [1.807, 2.05) is 0 Å². The fraction of sp³-hybridized carbons (Fsp3) is 0.810. The third-order valence-corrected chi connectivity index (χ3v) is 7.47. The second-order valence-corrected chi connectivity index (χ2v) is 8.70. The highest BCUT2D eigenvalue weighted by molar-refractivity contribution is 5.27. The summed E-state index contributed by atoms with van der Waals surface area (Å²) in [7, 11) is 2.09. The molecule has 0 heterocycles. The molecule has 0 N–H and O–H groups in total. The molecule has 0 saturated heterocycles. The van der Waals surface area contributed by atoms with Gasteiger partial charge in [0.1, 0.15) is 0 Å². The van der Waals surface area contributed by atoms with Crippen molar-refractivity contribution in [2.45, 2.75) is 64.8 Å². The Hall–Kier alpha value is -0.560. The summed E-state index contributed by atoms with van der Waals surface area (Å²) in [5.74, 6) is 4.64. The van der Waals surface area contributed by atoms with Crippen molar-refractivity contribution in [3.8, 4) is 0 Å². The lowest BCUT2D eigenvalue weighted by Crippen LogP contribution is -2.60. The monoisotopic (exact) mass is 300 g/mol. The normalized spacial score (nSPS) is 47.9. The highest BCUT2D eigenvalue weighted by Crippen LogP contribution is 2.63. The van der Waals surface area contributed by atoms with E-state index in [0.717, 1.165) is 29.6 Å². The molecule has 0 unspecified atom stereocenters. The van der Waals surface area contributed by atoms with Gasteiger partial charge in [-0.3, -0.25) is 0 Å². The van der Waals surface area contributed by atoms with Gasteiger partial charge in [-0.2, -0.15) is 7.05 Å². The van der Waals surface area contributed by atoms with Crippen LogP contribution in [0.5, 0.6) is 0 Å². The number of allylic oxidation sites excluding steroid dienone is 2. The van der Waals surface area contributed by atoms with Crippen molar-refractivity contribution in [1.29, 1.82) is 0 Å². The Balaban J connectivity index is 2.02. The van der Waals surface area contributed by atoms with Crippen molar-refractivity contribution in [2.75, 3.05) is 7.05 Å². The minimum Gasteiger partial charge on any atom is -0.659 e. The van der Waals surface area contributed by atoms with Crippen LogP contribution in [0.4, 0.5) is 0 Å². The summed E-state index contributed by atoms with van der Waals surface area (Å²) in [6.07, 6.45) is 7.77. The SMILES string of the molecule is C=C(C)C[C@@H]1C[C@H](C)[C@H]2CC[C@H](C)[C@@]3([N-]C)CCC(=C)[C@@H]1[C@H]23. The molecule has 3 aliphatic carbocycles. The summed E-state index contributed by atoms with van der Waals surface area (Å²) >= 11 is 0. The van der Waals surface area contributed by atoms with E-state index in [9.17, 15) is 0 Å². The summed E-state index contributed by atoms with van der Waals surface area (Å²) in [4.78, 5) is 0. The Kier molecular flexibility index (Phi) is 4.31. The Morgan fingerprint density at radius 2 is 2.05 bits per heavy atom. The first-order chi connectivity index (χ1) is 10.4. The third-order valence-electron chi connectivity index (χ3n) is 7.47. The molecule has 3 fully saturated rings. The minimum absolute atomic E-state index is 0.233. The predicted molar refractivity (Wildman–Crippen MR) is 96.0 cm³/mol. The molecule has 1 nitrogen and oxygen atoms in total. The Morgan fingerprint density at radius 3 is 2.68 bits per heavy atom. The van der Waals surface area contributed by atoms with Crippen LogP contribution < -0.4 is 0 Å². The van der Waals surface area contributed by atoms with Crippen LogP contribution in [0.15, 0.2) is 24.3 Å². The van der Waals surface area contributed by atoms with Crippen LogP contribution >= 0.6 is 0 Å². The first-order valence-electron chi connectivity index (χ1n) is 9.33. The van der Waals surface area contributed by atoms with Gasteiger partial charge in [0.15, 0.2) is 0 Å². The zero-order valence-electron chi connectivity index (χ0n) is 15.1. The van der Waals surface area contributed by atoms with Gasteiger partial charge in [0, 0.05) is 0 Å². The van der Waals surface area contributed by atoms with Crippen LogP contribution in [0.3, 0.4) is 0 Å². The van der Waals surface area contributed by atoms with Crippen molar-refractivity contribution < 1.29 is 0 Å². The first kappa shape index (κ1) is 16.3. The van der Waals surface area contributed by atoms with Crippen LogP contribution in [-0.4, -0.2) is 12.6 Å². The number of hydrogen-bond acceptors (Lipinski definition) is 0. The largest absolute Gasteiger partial charge is 0.659 e. The predicted octanol–water partition coefficient (Wildman–Crippen LogP) is 5.98. The molecule has 0 aromatic carbocycles. The Labute approximate surface area is 137 Å². The zero-order valence-corrected chi connectivity index (χ0v) is 15.1. The van der Waals surface area contributed by atoms with Crippen LogP contribution in [-0.2, 0) is 0 Å². The second-order valence-electron chi connectivity index (χ2n) is 8.70. The van der Waals surface area contributed by atoms with Gasteiger partial charge in [0.05, 0.1) is 0 Å². The van der Waals surface area contributed by atoms with Gasteiger partial charge in [-0.05, 0) is 62.2 Å². The van der Waals surface area contributed by atoms with E-state index in [1.165, 1.54) is 49.7 Å². The van der Waals surface area contributed by atoms with Crippen molar-refractivity contribution in [2.24, 2.45) is 35.5 Å². The molecular formula is C21H34N-. The van der Waals surface area contributed by atoms with Crippen LogP contribution in [0.25, 0.3) is 5.32 Å². The molecule has 3 rings (SSSR count). The van der Waals surface area contributed by atoms with E-state index in [-0.39, 0.29) is 5.54 Å². The molecule has 0 bridgehead atoms. The summed E-state index contributed by atoms with van der Waals surface area (Å²) in [6, 6.07) is 0. The van der Waals surface area contributed by atoms with Crippen LogP contribution in [0.1, 0.15) is 59.3 Å². The minimum atomic E-state index is 0.233. The van der Waals surface area contributed by atoms with E-state index >= 15 is 0 Å². The molecule has 0 aromatic heterocycles. The lowest BCUT2D eigenvalue weighted by Gasteiger charge is -2.69. The number of nitrogens with zero attached hydrogens (tertiary/aromatic N) is 1. The first-order valence-corrected chi connectivity index (χ1v) is 9.33. The van der Waals surface area contributed by atoms with E-state index in [2.05, 4.69) is 41.0 Å². The van der Waals surface area contributed by atoms with Crippen molar-refractivity contribution in [3.63, 3.8) is 0 Å². The van der Waals surface area contributed by atoms with Crippen molar-refractivity contribution in [1.82, 2.24) is 0 Å². The summed E-state index contributed by atoms with van der Waals surface area (Å²) in [5, 5.41) is 5.08. The molecular weight excluding hydrogens is 266 g/mol. The van der Waals surface area contributed by atoms with Crippen LogP contribution in [0.2, 0.25) is 0 Å². The Bertz CT molecular complexity index is 465. The summed E-state index contributed by atoms with van der Waals surface area (Å²) in [5.41, 5.74) is 3.11. The van der Waals surface area contributed by atoms with E-state index in [1.54, 1.807) is 0 Å². The maximum absolute atomic E-state index is 5.08. The third kappa shape index (κ3) is 2.31. The summed E-state index contributed by atoms with van der Waals surface area (Å²) < 4.78 is 0. The highest BCUT2D eigenvalue weighted by atomic mass is 15.0. The maximum atomic E-state index is 5.08. The molecule has 0 aliphatic heterocycles. The number of hydrogen-bond donors (Lipinski definition) is 0. The smallest absolute Gasteiger partial charge is 0.0155 e. The average molecular weight is 301 g/mol.